The van der Waals surface area contributed by atoms with Crippen LogP contribution in [0.1, 0.15) is 12.0 Å². The summed E-state index contributed by atoms with van der Waals surface area (Å²) in [5.74, 6) is -1.22. The maximum absolute atomic E-state index is 11.8. The second kappa shape index (κ2) is 6.72. The molecule has 0 radical (unpaired) electrons. The normalized spacial score (nSPS) is 18.9. The minimum atomic E-state index is -0.783. The minimum absolute atomic E-state index is 0.0917. The molecule has 1 aliphatic heterocycles. The van der Waals surface area contributed by atoms with Crippen molar-refractivity contribution in [2.75, 3.05) is 19.6 Å². The molecule has 1 amide bonds. The molecule has 1 fully saturated rings. The van der Waals surface area contributed by atoms with E-state index in [1.165, 1.54) is 0 Å². The summed E-state index contributed by atoms with van der Waals surface area (Å²) in [5, 5.41) is 12.4. The summed E-state index contributed by atoms with van der Waals surface area (Å²) in [6.45, 7) is 1.80. The third-order valence-corrected chi connectivity index (χ3v) is 3.64. The fourth-order valence-corrected chi connectivity index (χ4v) is 2.37. The van der Waals surface area contributed by atoms with Crippen LogP contribution in [0.2, 0.25) is 5.02 Å². The quantitative estimate of drug-likeness (QED) is 0.861. The first-order chi connectivity index (χ1) is 9.54. The van der Waals surface area contributed by atoms with Crippen molar-refractivity contribution in [3.63, 3.8) is 0 Å². The van der Waals surface area contributed by atoms with Gasteiger partial charge in [0.05, 0.1) is 12.5 Å². The Balaban J connectivity index is 1.73. The van der Waals surface area contributed by atoms with Crippen LogP contribution < -0.4 is 5.32 Å². The molecule has 0 unspecified atom stereocenters. The van der Waals surface area contributed by atoms with Crippen LogP contribution in [-0.4, -0.2) is 41.5 Å². The van der Waals surface area contributed by atoms with Crippen LogP contribution in [0.25, 0.3) is 0 Å². The van der Waals surface area contributed by atoms with Gasteiger partial charge in [0.15, 0.2) is 0 Å². The predicted molar refractivity (Wildman–Crippen MR) is 75.5 cm³/mol. The number of nitrogens with one attached hydrogen (secondary N) is 1. The van der Waals surface area contributed by atoms with Gasteiger partial charge in [0.1, 0.15) is 0 Å². The van der Waals surface area contributed by atoms with Crippen LogP contribution >= 0.6 is 11.6 Å². The number of amides is 1. The summed E-state index contributed by atoms with van der Waals surface area (Å²) in [5.41, 5.74) is 0.979. The van der Waals surface area contributed by atoms with Crippen LogP contribution in [0.15, 0.2) is 24.3 Å². The number of carboxylic acid groups (broad SMARTS) is 1. The van der Waals surface area contributed by atoms with Crippen LogP contribution in [0.4, 0.5) is 0 Å². The number of hydrogen-bond donors (Lipinski definition) is 2. The SMILES string of the molecule is O=C(CN1CC[C@H](C(=O)O)C1)NCc1ccc(Cl)cc1. The molecule has 1 saturated heterocycles. The maximum atomic E-state index is 11.8. The molecule has 2 rings (SSSR count). The predicted octanol–water partition coefficient (Wildman–Crippen LogP) is 1.36. The molecule has 1 aliphatic rings. The Morgan fingerprint density at radius 1 is 1.35 bits per heavy atom. The van der Waals surface area contributed by atoms with Gasteiger partial charge in [-0.15, -0.1) is 0 Å². The number of benzene rings is 1. The van der Waals surface area contributed by atoms with E-state index in [2.05, 4.69) is 5.32 Å². The van der Waals surface area contributed by atoms with Gasteiger partial charge in [-0.2, -0.15) is 0 Å². The van der Waals surface area contributed by atoms with Gasteiger partial charge >= 0.3 is 5.97 Å². The Hall–Kier alpha value is -1.59. The molecule has 5 nitrogen and oxygen atoms in total. The lowest BCUT2D eigenvalue weighted by molar-refractivity contribution is -0.141. The van der Waals surface area contributed by atoms with Gasteiger partial charge in [-0.05, 0) is 30.7 Å². The monoisotopic (exact) mass is 296 g/mol. The van der Waals surface area contributed by atoms with Crippen molar-refractivity contribution in [2.24, 2.45) is 5.92 Å². The highest BCUT2D eigenvalue weighted by Crippen LogP contribution is 2.15. The van der Waals surface area contributed by atoms with E-state index in [-0.39, 0.29) is 18.4 Å². The summed E-state index contributed by atoms with van der Waals surface area (Å²) in [6.07, 6.45) is 0.611. The van der Waals surface area contributed by atoms with Crippen molar-refractivity contribution in [1.29, 1.82) is 0 Å². The standard InChI is InChI=1S/C14H17ClN2O3/c15-12-3-1-10(2-4-12)7-16-13(18)9-17-6-5-11(8-17)14(19)20/h1-4,11H,5-9H2,(H,16,18)(H,19,20)/t11-/m0/s1. The van der Waals surface area contributed by atoms with Crippen molar-refractivity contribution in [1.82, 2.24) is 10.2 Å². The van der Waals surface area contributed by atoms with E-state index in [4.69, 9.17) is 16.7 Å². The Morgan fingerprint density at radius 2 is 2.05 bits per heavy atom. The molecule has 6 heteroatoms. The van der Waals surface area contributed by atoms with Crippen molar-refractivity contribution < 1.29 is 14.7 Å². The number of halogens is 1. The van der Waals surface area contributed by atoms with Crippen LogP contribution in [0, 0.1) is 5.92 Å². The molecular formula is C14H17ClN2O3. The topological polar surface area (TPSA) is 69.6 Å². The van der Waals surface area contributed by atoms with Gasteiger partial charge < -0.3 is 10.4 Å². The van der Waals surface area contributed by atoms with Gasteiger partial charge in [0.2, 0.25) is 5.91 Å². The lowest BCUT2D eigenvalue weighted by Crippen LogP contribution is -2.36. The summed E-state index contributed by atoms with van der Waals surface area (Å²) in [7, 11) is 0. The largest absolute Gasteiger partial charge is 0.481 e. The lowest BCUT2D eigenvalue weighted by Gasteiger charge is -2.14. The van der Waals surface area contributed by atoms with E-state index in [0.717, 1.165) is 5.56 Å². The third-order valence-electron chi connectivity index (χ3n) is 3.39. The highest BCUT2D eigenvalue weighted by Gasteiger charge is 2.28. The number of rotatable bonds is 5. The number of carbonyl (C=O) groups excluding carboxylic acids is 1. The zero-order valence-corrected chi connectivity index (χ0v) is 11.8. The molecule has 1 aromatic rings. The summed E-state index contributed by atoms with van der Waals surface area (Å²) >= 11 is 5.78. The Kier molecular flexibility index (Phi) is 4.98. The van der Waals surface area contributed by atoms with Gasteiger partial charge in [-0.1, -0.05) is 23.7 Å². The zero-order chi connectivity index (χ0) is 14.5. The molecule has 0 aliphatic carbocycles. The molecule has 108 valence electrons. The molecule has 0 bridgehead atoms. The second-order valence-corrected chi connectivity index (χ2v) is 5.40. The molecule has 1 heterocycles. The fourth-order valence-electron chi connectivity index (χ4n) is 2.24. The Morgan fingerprint density at radius 3 is 2.65 bits per heavy atom. The van der Waals surface area contributed by atoms with Crippen LogP contribution in [0.5, 0.6) is 0 Å². The number of nitrogens with zero attached hydrogens (tertiary/aromatic N) is 1. The van der Waals surface area contributed by atoms with Crippen molar-refractivity contribution in [2.45, 2.75) is 13.0 Å². The summed E-state index contributed by atoms with van der Waals surface area (Å²) in [6, 6.07) is 7.28. The van der Waals surface area contributed by atoms with Crippen LogP contribution in [0.3, 0.4) is 0 Å². The molecular weight excluding hydrogens is 280 g/mol. The third kappa shape index (κ3) is 4.21. The Labute approximate surface area is 122 Å². The lowest BCUT2D eigenvalue weighted by atomic mass is 10.1. The van der Waals surface area contributed by atoms with E-state index < -0.39 is 5.97 Å². The van der Waals surface area contributed by atoms with Gasteiger partial charge in [-0.25, -0.2) is 0 Å². The zero-order valence-electron chi connectivity index (χ0n) is 11.0. The van der Waals surface area contributed by atoms with Crippen molar-refractivity contribution in [3.05, 3.63) is 34.9 Å². The van der Waals surface area contributed by atoms with E-state index in [1.54, 1.807) is 12.1 Å². The highest BCUT2D eigenvalue weighted by molar-refractivity contribution is 6.30. The van der Waals surface area contributed by atoms with Gasteiger partial charge in [0, 0.05) is 18.1 Å². The van der Waals surface area contributed by atoms with E-state index in [1.807, 2.05) is 17.0 Å². The second-order valence-electron chi connectivity index (χ2n) is 4.96. The van der Waals surface area contributed by atoms with Gasteiger partial charge in [-0.3, -0.25) is 14.5 Å². The molecule has 1 atom stereocenters. The number of hydrogen-bond acceptors (Lipinski definition) is 3. The number of aliphatic carboxylic acids is 1. The van der Waals surface area contributed by atoms with E-state index >= 15 is 0 Å². The molecule has 1 aromatic carbocycles. The maximum Gasteiger partial charge on any atom is 0.307 e. The van der Waals surface area contributed by atoms with Crippen molar-refractivity contribution >= 4 is 23.5 Å². The average molecular weight is 297 g/mol. The molecule has 20 heavy (non-hydrogen) atoms. The van der Waals surface area contributed by atoms with Crippen LogP contribution in [-0.2, 0) is 16.1 Å². The summed E-state index contributed by atoms with van der Waals surface area (Å²) in [4.78, 5) is 24.5. The average Bonchev–Trinajstić information content (AvgIpc) is 2.87. The molecule has 0 spiro atoms. The van der Waals surface area contributed by atoms with E-state index in [0.29, 0.717) is 31.1 Å². The first-order valence-electron chi connectivity index (χ1n) is 6.51. The summed E-state index contributed by atoms with van der Waals surface area (Å²) < 4.78 is 0. The number of carbonyl (C=O) groups is 2. The highest BCUT2D eigenvalue weighted by atomic mass is 35.5. The minimum Gasteiger partial charge on any atom is -0.481 e. The number of likely N-dealkylation sites (tertiary alicyclic amines) is 1. The van der Waals surface area contributed by atoms with Gasteiger partial charge in [0.25, 0.3) is 0 Å². The Bertz CT molecular complexity index is 490. The first-order valence-corrected chi connectivity index (χ1v) is 6.88. The molecule has 0 aromatic heterocycles. The molecule has 0 saturated carbocycles. The first kappa shape index (κ1) is 14.8. The van der Waals surface area contributed by atoms with Crippen molar-refractivity contribution in [3.8, 4) is 0 Å². The number of carboxylic acids is 1. The van der Waals surface area contributed by atoms with E-state index in [9.17, 15) is 9.59 Å². The smallest absolute Gasteiger partial charge is 0.307 e. The molecule has 2 N–H and O–H groups in total. The fraction of sp³-hybridized carbons (Fsp3) is 0.429.